The number of hydrogen-bond donors (Lipinski definition) is 1. The predicted molar refractivity (Wildman–Crippen MR) is 80.0 cm³/mol. The van der Waals surface area contributed by atoms with Gasteiger partial charge in [0.2, 0.25) is 0 Å². The molecule has 2 heterocycles. The average Bonchev–Trinajstić information content (AvgIpc) is 2.72. The number of aliphatic hydroxyl groups excluding tert-OH is 1. The van der Waals surface area contributed by atoms with Gasteiger partial charge in [0.1, 0.15) is 12.0 Å². The molecule has 1 unspecified atom stereocenters. The van der Waals surface area contributed by atoms with Gasteiger partial charge in [0, 0.05) is 12.1 Å². The summed E-state index contributed by atoms with van der Waals surface area (Å²) < 4.78 is 5.70. The van der Waals surface area contributed by atoms with Crippen LogP contribution in [0.5, 0.6) is 0 Å². The zero-order valence-corrected chi connectivity index (χ0v) is 12.4. The van der Waals surface area contributed by atoms with E-state index in [-0.39, 0.29) is 18.7 Å². The van der Waals surface area contributed by atoms with Crippen LogP contribution in [0.2, 0.25) is 0 Å². The Morgan fingerprint density at radius 3 is 2.48 bits per heavy atom. The van der Waals surface area contributed by atoms with Crippen LogP contribution in [0.1, 0.15) is 37.2 Å². The fourth-order valence-corrected chi connectivity index (χ4v) is 3.71. The number of carbonyl (C=O) groups excluding carboxylic acids is 1. The highest BCUT2D eigenvalue weighted by molar-refractivity contribution is 5.78. The molecule has 4 heteroatoms. The van der Waals surface area contributed by atoms with Gasteiger partial charge in [-0.1, -0.05) is 30.3 Å². The van der Waals surface area contributed by atoms with E-state index in [2.05, 4.69) is 11.9 Å². The minimum Gasteiger partial charge on any atom is -0.462 e. The van der Waals surface area contributed by atoms with Crippen LogP contribution in [0, 0.1) is 0 Å². The third-order valence-electron chi connectivity index (χ3n) is 5.01. The minimum absolute atomic E-state index is 0.00367. The molecule has 2 bridgehead atoms. The molecule has 3 atom stereocenters. The maximum Gasteiger partial charge on any atom is 0.316 e. The maximum atomic E-state index is 12.4. The van der Waals surface area contributed by atoms with Crippen LogP contribution in [0.4, 0.5) is 0 Å². The molecule has 0 radical (unpaired) electrons. The lowest BCUT2D eigenvalue weighted by molar-refractivity contribution is -0.155. The molecule has 0 aromatic heterocycles. The smallest absolute Gasteiger partial charge is 0.316 e. The van der Waals surface area contributed by atoms with E-state index in [0.717, 1.165) is 18.4 Å². The van der Waals surface area contributed by atoms with Gasteiger partial charge in [-0.15, -0.1) is 0 Å². The largest absolute Gasteiger partial charge is 0.462 e. The molecule has 1 aromatic carbocycles. The number of rotatable bonds is 4. The van der Waals surface area contributed by atoms with Crippen molar-refractivity contribution < 1.29 is 14.6 Å². The average molecular weight is 289 g/mol. The Morgan fingerprint density at radius 2 is 1.90 bits per heavy atom. The minimum atomic E-state index is -0.566. The molecular formula is C17H23NO3. The van der Waals surface area contributed by atoms with Gasteiger partial charge >= 0.3 is 5.97 Å². The molecule has 0 aliphatic carbocycles. The standard InChI is InChI=1S/C17H23NO3/c1-18-13-7-8-14(18)10-15(9-13)21-17(20)16(11-19)12-5-3-2-4-6-12/h2-6,13-16,19H,7-11H2,1H3/t13-,14-,16?/m0/s1. The number of esters is 1. The number of aliphatic hydroxyl groups is 1. The monoisotopic (exact) mass is 289 g/mol. The molecule has 1 aromatic rings. The van der Waals surface area contributed by atoms with Crippen molar-refractivity contribution in [2.45, 2.75) is 49.8 Å². The SMILES string of the molecule is CN1[C@H]2CC[C@H]1CC(OC(=O)C(CO)c1ccccc1)C2. The van der Waals surface area contributed by atoms with E-state index in [9.17, 15) is 9.90 Å². The molecular weight excluding hydrogens is 266 g/mol. The van der Waals surface area contributed by atoms with Gasteiger partial charge in [0.15, 0.2) is 0 Å². The van der Waals surface area contributed by atoms with Crippen molar-refractivity contribution >= 4 is 5.97 Å². The Hall–Kier alpha value is -1.39. The second-order valence-corrected chi connectivity index (χ2v) is 6.23. The zero-order valence-electron chi connectivity index (χ0n) is 12.4. The van der Waals surface area contributed by atoms with E-state index in [0.29, 0.717) is 12.1 Å². The van der Waals surface area contributed by atoms with E-state index in [1.165, 1.54) is 12.8 Å². The molecule has 0 amide bonds. The molecule has 0 saturated carbocycles. The second kappa shape index (κ2) is 6.16. The maximum absolute atomic E-state index is 12.4. The van der Waals surface area contributed by atoms with Crippen molar-refractivity contribution in [2.75, 3.05) is 13.7 Å². The summed E-state index contributed by atoms with van der Waals surface area (Å²) in [4.78, 5) is 14.8. The quantitative estimate of drug-likeness (QED) is 0.861. The van der Waals surface area contributed by atoms with Crippen molar-refractivity contribution in [1.29, 1.82) is 0 Å². The van der Waals surface area contributed by atoms with Gasteiger partial charge in [-0.05, 0) is 38.3 Å². The first kappa shape index (κ1) is 14.5. The molecule has 21 heavy (non-hydrogen) atoms. The first-order chi connectivity index (χ1) is 10.2. The van der Waals surface area contributed by atoms with Gasteiger partial charge in [-0.25, -0.2) is 0 Å². The molecule has 1 N–H and O–H groups in total. The fourth-order valence-electron chi connectivity index (χ4n) is 3.71. The van der Waals surface area contributed by atoms with Gasteiger partial charge in [-0.3, -0.25) is 4.79 Å². The van der Waals surface area contributed by atoms with Crippen LogP contribution < -0.4 is 0 Å². The Morgan fingerprint density at radius 1 is 1.29 bits per heavy atom. The second-order valence-electron chi connectivity index (χ2n) is 6.23. The Kier molecular flexibility index (Phi) is 4.27. The van der Waals surface area contributed by atoms with E-state index >= 15 is 0 Å². The van der Waals surface area contributed by atoms with Gasteiger partial charge in [0.05, 0.1) is 6.61 Å². The Labute approximate surface area is 125 Å². The molecule has 114 valence electrons. The van der Waals surface area contributed by atoms with Crippen LogP contribution in [-0.2, 0) is 9.53 Å². The number of nitrogens with zero attached hydrogens (tertiary/aromatic N) is 1. The first-order valence-corrected chi connectivity index (χ1v) is 7.77. The molecule has 2 aliphatic heterocycles. The van der Waals surface area contributed by atoms with Crippen LogP contribution in [0.15, 0.2) is 30.3 Å². The molecule has 2 saturated heterocycles. The van der Waals surface area contributed by atoms with Crippen LogP contribution in [0.3, 0.4) is 0 Å². The number of ether oxygens (including phenoxy) is 1. The Balaban J connectivity index is 1.63. The summed E-state index contributed by atoms with van der Waals surface area (Å²) in [5.74, 6) is -0.860. The third-order valence-corrected chi connectivity index (χ3v) is 5.01. The summed E-state index contributed by atoms with van der Waals surface area (Å²) in [5.41, 5.74) is 0.820. The van der Waals surface area contributed by atoms with Crippen molar-refractivity contribution in [3.05, 3.63) is 35.9 Å². The topological polar surface area (TPSA) is 49.8 Å². The number of benzene rings is 1. The van der Waals surface area contributed by atoms with Crippen molar-refractivity contribution in [3.63, 3.8) is 0 Å². The van der Waals surface area contributed by atoms with E-state index < -0.39 is 5.92 Å². The van der Waals surface area contributed by atoms with Crippen molar-refractivity contribution in [2.24, 2.45) is 0 Å². The lowest BCUT2D eigenvalue weighted by Gasteiger charge is -2.36. The summed E-state index contributed by atoms with van der Waals surface area (Å²) in [7, 11) is 2.17. The van der Waals surface area contributed by atoms with E-state index in [1.807, 2.05) is 30.3 Å². The van der Waals surface area contributed by atoms with Gasteiger partial charge in [0.25, 0.3) is 0 Å². The summed E-state index contributed by atoms with van der Waals surface area (Å²) in [5, 5.41) is 9.53. The summed E-state index contributed by atoms with van der Waals surface area (Å²) >= 11 is 0. The van der Waals surface area contributed by atoms with Gasteiger partial charge in [-0.2, -0.15) is 0 Å². The lowest BCUT2D eigenvalue weighted by atomic mass is 9.98. The highest BCUT2D eigenvalue weighted by Gasteiger charge is 2.40. The van der Waals surface area contributed by atoms with E-state index in [1.54, 1.807) is 0 Å². The first-order valence-electron chi connectivity index (χ1n) is 7.77. The molecule has 2 aliphatic rings. The molecule has 2 fully saturated rings. The molecule has 0 spiro atoms. The van der Waals surface area contributed by atoms with Crippen molar-refractivity contribution in [1.82, 2.24) is 4.90 Å². The Bertz CT molecular complexity index is 476. The number of hydrogen-bond acceptors (Lipinski definition) is 4. The highest BCUT2D eigenvalue weighted by Crippen LogP contribution is 2.36. The van der Waals surface area contributed by atoms with Crippen LogP contribution >= 0.6 is 0 Å². The summed E-state index contributed by atoms with van der Waals surface area (Å²) in [6.07, 6.45) is 4.26. The number of carbonyl (C=O) groups is 1. The number of piperidine rings is 1. The number of fused-ring (bicyclic) bond motifs is 2. The van der Waals surface area contributed by atoms with Crippen LogP contribution in [0.25, 0.3) is 0 Å². The summed E-state index contributed by atoms with van der Waals surface area (Å²) in [6.45, 7) is -0.206. The van der Waals surface area contributed by atoms with Crippen molar-refractivity contribution in [3.8, 4) is 0 Å². The zero-order chi connectivity index (χ0) is 14.8. The molecule has 3 rings (SSSR count). The molecule has 4 nitrogen and oxygen atoms in total. The normalized spacial score (nSPS) is 30.1. The fraction of sp³-hybridized carbons (Fsp3) is 0.588. The van der Waals surface area contributed by atoms with E-state index in [4.69, 9.17) is 4.74 Å². The highest BCUT2D eigenvalue weighted by atomic mass is 16.5. The van der Waals surface area contributed by atoms with Crippen LogP contribution in [-0.4, -0.2) is 47.8 Å². The summed E-state index contributed by atoms with van der Waals surface area (Å²) in [6, 6.07) is 10.5. The lowest BCUT2D eigenvalue weighted by Crippen LogP contribution is -2.43. The third kappa shape index (κ3) is 2.97. The van der Waals surface area contributed by atoms with Gasteiger partial charge < -0.3 is 14.7 Å². The predicted octanol–water partition coefficient (Wildman–Crippen LogP) is 1.93.